The number of nitrogens with one attached hydrogen (secondary N) is 1. The Kier molecular flexibility index (Phi) is 6.18. The van der Waals surface area contributed by atoms with E-state index in [1.807, 2.05) is 42.5 Å². The maximum absolute atomic E-state index is 5.85. The van der Waals surface area contributed by atoms with E-state index in [-0.39, 0.29) is 0 Å². The molecule has 21 heavy (non-hydrogen) atoms. The maximum atomic E-state index is 5.85. The summed E-state index contributed by atoms with van der Waals surface area (Å²) in [5.74, 6) is 0. The third-order valence-electron chi connectivity index (χ3n) is 2.99. The zero-order valence-corrected chi connectivity index (χ0v) is 13.2. The number of halogens is 1. The van der Waals surface area contributed by atoms with E-state index >= 15 is 0 Å². The van der Waals surface area contributed by atoms with Crippen LogP contribution in [0.2, 0.25) is 5.02 Å². The van der Waals surface area contributed by atoms with Gasteiger partial charge in [-0.15, -0.1) is 0 Å². The molecule has 0 fully saturated rings. The van der Waals surface area contributed by atoms with Crippen LogP contribution in [0.1, 0.15) is 30.8 Å². The lowest BCUT2D eigenvalue weighted by Gasteiger charge is -2.09. The van der Waals surface area contributed by atoms with Gasteiger partial charge in [0.2, 0.25) is 0 Å². The molecule has 0 radical (unpaired) electrons. The first-order chi connectivity index (χ1) is 10.1. The molecule has 0 aliphatic carbocycles. The minimum atomic E-state index is 0.455. The number of hydrogen-bond donors (Lipinski definition) is 1. The number of rotatable bonds is 7. The largest absolute Gasteiger partial charge is 0.370 e. The Balaban J connectivity index is 1.82. The molecule has 4 heteroatoms. The van der Waals surface area contributed by atoms with Crippen molar-refractivity contribution >= 4 is 11.6 Å². The molecule has 0 atom stereocenters. The number of ether oxygens (including phenoxy) is 1. The highest BCUT2D eigenvalue weighted by Crippen LogP contribution is 2.11. The van der Waals surface area contributed by atoms with Crippen molar-refractivity contribution in [1.29, 1.82) is 0 Å². The third-order valence-corrected chi connectivity index (χ3v) is 3.24. The van der Waals surface area contributed by atoms with E-state index in [0.29, 0.717) is 19.3 Å². The van der Waals surface area contributed by atoms with Crippen LogP contribution >= 0.6 is 11.6 Å². The highest BCUT2D eigenvalue weighted by Gasteiger charge is 2.00. The van der Waals surface area contributed by atoms with Crippen molar-refractivity contribution in [1.82, 2.24) is 10.3 Å². The molecule has 0 spiro atoms. The predicted octanol–water partition coefficient (Wildman–Crippen LogP) is 3.95. The normalized spacial score (nSPS) is 11.0. The number of aromatic nitrogens is 1. The van der Waals surface area contributed by atoms with E-state index in [0.717, 1.165) is 28.5 Å². The van der Waals surface area contributed by atoms with Crippen molar-refractivity contribution in [3.63, 3.8) is 0 Å². The van der Waals surface area contributed by atoms with Crippen molar-refractivity contribution in [3.05, 3.63) is 64.4 Å². The summed E-state index contributed by atoms with van der Waals surface area (Å²) in [7, 11) is 0. The molecule has 1 aromatic carbocycles. The topological polar surface area (TPSA) is 34.1 Å². The summed E-state index contributed by atoms with van der Waals surface area (Å²) < 4.78 is 5.70. The Morgan fingerprint density at radius 1 is 1.05 bits per heavy atom. The van der Waals surface area contributed by atoms with Crippen LogP contribution in [0.5, 0.6) is 0 Å². The first kappa shape index (κ1) is 16.0. The fourth-order valence-corrected chi connectivity index (χ4v) is 2.00. The van der Waals surface area contributed by atoms with Gasteiger partial charge in [-0.3, -0.25) is 4.98 Å². The van der Waals surface area contributed by atoms with Crippen LogP contribution in [-0.4, -0.2) is 11.0 Å². The fourth-order valence-electron chi connectivity index (χ4n) is 1.87. The summed E-state index contributed by atoms with van der Waals surface area (Å²) in [6.07, 6.45) is 0. The van der Waals surface area contributed by atoms with Gasteiger partial charge in [0.15, 0.2) is 0 Å². The fraction of sp³-hybridized carbons (Fsp3) is 0.353. The number of nitrogens with zero attached hydrogens (tertiary/aromatic N) is 1. The minimum absolute atomic E-state index is 0.455. The van der Waals surface area contributed by atoms with E-state index in [2.05, 4.69) is 24.1 Å². The van der Waals surface area contributed by atoms with Gasteiger partial charge in [-0.05, 0) is 29.8 Å². The minimum Gasteiger partial charge on any atom is -0.370 e. The lowest BCUT2D eigenvalue weighted by molar-refractivity contribution is 0.104. The van der Waals surface area contributed by atoms with Crippen LogP contribution in [0.25, 0.3) is 0 Å². The molecule has 0 saturated heterocycles. The standard InChI is InChI=1S/C17H21ClN2O/c1-13(2)19-10-16-4-3-5-17(20-16)12-21-11-14-6-8-15(18)9-7-14/h3-9,13,19H,10-12H2,1-2H3. The molecule has 1 aromatic heterocycles. The van der Waals surface area contributed by atoms with Gasteiger partial charge >= 0.3 is 0 Å². The maximum Gasteiger partial charge on any atom is 0.0892 e. The molecule has 0 saturated carbocycles. The van der Waals surface area contributed by atoms with Gasteiger partial charge in [0.25, 0.3) is 0 Å². The molecule has 2 rings (SSSR count). The van der Waals surface area contributed by atoms with Crippen molar-refractivity contribution < 1.29 is 4.74 Å². The first-order valence-corrected chi connectivity index (χ1v) is 7.51. The van der Waals surface area contributed by atoms with Crippen LogP contribution in [0.15, 0.2) is 42.5 Å². The third kappa shape index (κ3) is 5.84. The molecular weight excluding hydrogens is 284 g/mol. The molecule has 112 valence electrons. The number of benzene rings is 1. The molecule has 1 heterocycles. The Morgan fingerprint density at radius 3 is 2.48 bits per heavy atom. The molecule has 1 N–H and O–H groups in total. The quantitative estimate of drug-likeness (QED) is 0.841. The molecule has 3 nitrogen and oxygen atoms in total. The van der Waals surface area contributed by atoms with Crippen molar-refractivity contribution in [2.45, 2.75) is 39.6 Å². The summed E-state index contributed by atoms with van der Waals surface area (Å²) in [6.45, 7) is 6.10. The van der Waals surface area contributed by atoms with Gasteiger partial charge in [-0.2, -0.15) is 0 Å². The second-order valence-electron chi connectivity index (χ2n) is 5.28. The van der Waals surface area contributed by atoms with Crippen molar-refractivity contribution in [3.8, 4) is 0 Å². The van der Waals surface area contributed by atoms with E-state index in [1.165, 1.54) is 0 Å². The van der Waals surface area contributed by atoms with E-state index < -0.39 is 0 Å². The highest BCUT2D eigenvalue weighted by atomic mass is 35.5. The lowest BCUT2D eigenvalue weighted by atomic mass is 10.2. The highest BCUT2D eigenvalue weighted by molar-refractivity contribution is 6.30. The molecule has 0 amide bonds. The lowest BCUT2D eigenvalue weighted by Crippen LogP contribution is -2.22. The van der Waals surface area contributed by atoms with Gasteiger partial charge in [-0.1, -0.05) is 43.6 Å². The van der Waals surface area contributed by atoms with Gasteiger partial charge in [0, 0.05) is 17.6 Å². The van der Waals surface area contributed by atoms with E-state index in [1.54, 1.807) is 0 Å². The summed E-state index contributed by atoms with van der Waals surface area (Å²) >= 11 is 5.85. The van der Waals surface area contributed by atoms with Gasteiger partial charge in [-0.25, -0.2) is 0 Å². The first-order valence-electron chi connectivity index (χ1n) is 7.14. The molecular formula is C17H21ClN2O. The SMILES string of the molecule is CC(C)NCc1cccc(COCc2ccc(Cl)cc2)n1. The Morgan fingerprint density at radius 2 is 1.76 bits per heavy atom. The monoisotopic (exact) mass is 304 g/mol. The zero-order chi connectivity index (χ0) is 15.1. The number of pyridine rings is 1. The molecule has 2 aromatic rings. The summed E-state index contributed by atoms with van der Waals surface area (Å²) in [4.78, 5) is 4.58. The molecule has 0 aliphatic rings. The second-order valence-corrected chi connectivity index (χ2v) is 5.71. The summed E-state index contributed by atoms with van der Waals surface area (Å²) in [5, 5.41) is 4.10. The van der Waals surface area contributed by atoms with Crippen LogP contribution in [0.4, 0.5) is 0 Å². The van der Waals surface area contributed by atoms with Crippen LogP contribution in [0, 0.1) is 0 Å². The van der Waals surface area contributed by atoms with Crippen LogP contribution in [-0.2, 0) is 24.5 Å². The van der Waals surface area contributed by atoms with Gasteiger partial charge in [0.1, 0.15) is 0 Å². The Hall–Kier alpha value is -1.42. The predicted molar refractivity (Wildman–Crippen MR) is 86.2 cm³/mol. The summed E-state index contributed by atoms with van der Waals surface area (Å²) in [5.41, 5.74) is 3.10. The molecule has 0 bridgehead atoms. The second kappa shape index (κ2) is 8.13. The van der Waals surface area contributed by atoms with E-state index in [4.69, 9.17) is 16.3 Å². The summed E-state index contributed by atoms with van der Waals surface area (Å²) in [6, 6.07) is 14.2. The zero-order valence-electron chi connectivity index (χ0n) is 12.5. The van der Waals surface area contributed by atoms with Crippen LogP contribution in [0.3, 0.4) is 0 Å². The Labute approximate surface area is 131 Å². The smallest absolute Gasteiger partial charge is 0.0892 e. The molecule has 0 aliphatic heterocycles. The Bertz CT molecular complexity index is 555. The van der Waals surface area contributed by atoms with Gasteiger partial charge in [0.05, 0.1) is 24.6 Å². The van der Waals surface area contributed by atoms with Gasteiger partial charge < -0.3 is 10.1 Å². The van der Waals surface area contributed by atoms with Crippen molar-refractivity contribution in [2.24, 2.45) is 0 Å². The molecule has 0 unspecified atom stereocenters. The average molecular weight is 305 g/mol. The van der Waals surface area contributed by atoms with Crippen LogP contribution < -0.4 is 5.32 Å². The number of hydrogen-bond acceptors (Lipinski definition) is 3. The van der Waals surface area contributed by atoms with E-state index in [9.17, 15) is 0 Å². The van der Waals surface area contributed by atoms with Crippen molar-refractivity contribution in [2.75, 3.05) is 0 Å². The average Bonchev–Trinajstić information content (AvgIpc) is 2.48.